The summed E-state index contributed by atoms with van der Waals surface area (Å²) in [5, 5.41) is 45.0. The first kappa shape index (κ1) is 69.4. The molecule has 490 valence electrons. The van der Waals surface area contributed by atoms with E-state index < -0.39 is 170 Å². The molecule has 0 radical (unpaired) electrons. The van der Waals surface area contributed by atoms with Crippen LogP contribution in [0.15, 0.2) is 132 Å². The fourth-order valence-electron chi connectivity index (χ4n) is 13.4. The first-order valence-electron chi connectivity index (χ1n) is 29.8. The fraction of sp³-hybridized carbons (Fsp3) is 0.462. The lowest BCUT2D eigenvalue weighted by molar-refractivity contribution is -0.306. The lowest BCUT2D eigenvalue weighted by Crippen LogP contribution is -2.79. The minimum absolute atomic E-state index is 0.0111. The van der Waals surface area contributed by atoms with E-state index in [0.29, 0.717) is 5.56 Å². The molecule has 1 saturated heterocycles. The van der Waals surface area contributed by atoms with Gasteiger partial charge in [0.05, 0.1) is 54.4 Å². The quantitative estimate of drug-likeness (QED) is 0.00748. The average Bonchev–Trinajstić information content (AvgIpc) is 0.669. The van der Waals surface area contributed by atoms with Gasteiger partial charge < -0.3 is 54.7 Å². The number of Topliss-reactive ketones (excluding diaryl/α,β-unsaturated/α-hetero) is 3. The highest BCUT2D eigenvalue weighted by atomic mass is 31.2. The van der Waals surface area contributed by atoms with E-state index in [2.05, 4.69) is 20.7 Å². The zero-order chi connectivity index (χ0) is 67.3. The van der Waals surface area contributed by atoms with Crippen molar-refractivity contribution in [1.29, 1.82) is 0 Å². The number of azide groups is 1. The van der Waals surface area contributed by atoms with Crippen LogP contribution in [0.1, 0.15) is 115 Å². The summed E-state index contributed by atoms with van der Waals surface area (Å²) in [7, 11) is -2.30. The van der Waals surface area contributed by atoms with Gasteiger partial charge in [0, 0.05) is 73.7 Å². The highest BCUT2D eigenvalue weighted by molar-refractivity contribution is 7.50. The van der Waals surface area contributed by atoms with Crippen molar-refractivity contribution < 1.29 is 91.4 Å². The molecule has 2 saturated carbocycles. The number of rotatable bonds is 25. The van der Waals surface area contributed by atoms with Crippen molar-refractivity contribution in [1.82, 2.24) is 20.2 Å². The molecule has 26 nitrogen and oxygen atoms in total. The summed E-state index contributed by atoms with van der Waals surface area (Å²) < 4.78 is 44.5. The molecule has 8 rings (SSSR count). The number of amides is 3. The van der Waals surface area contributed by atoms with E-state index >= 15 is 9.59 Å². The van der Waals surface area contributed by atoms with Gasteiger partial charge in [-0.3, -0.25) is 33.3 Å². The van der Waals surface area contributed by atoms with E-state index in [4.69, 9.17) is 29.0 Å². The first-order valence-corrected chi connectivity index (χ1v) is 31.4. The molecule has 3 fully saturated rings. The van der Waals surface area contributed by atoms with E-state index in [1.165, 1.54) is 76.5 Å². The Morgan fingerprint density at radius 2 is 1.42 bits per heavy atom. The number of nitrogens with one attached hydrogen (secondary N) is 2. The Morgan fingerprint density at radius 3 is 1.99 bits per heavy atom. The van der Waals surface area contributed by atoms with Crippen LogP contribution in [-0.4, -0.2) is 166 Å². The minimum Gasteiger partial charge on any atom is -0.480 e. The van der Waals surface area contributed by atoms with Crippen LogP contribution in [0.3, 0.4) is 0 Å². The van der Waals surface area contributed by atoms with Crippen molar-refractivity contribution in [3.8, 4) is 0 Å². The standard InChI is InChI=1S/C65H76N7O19P/c1-37-45(34-65(84)56(91-60(82)44-22-16-11-17-23-44)54-63(6,48(76)33-49-64(54,36-87-49)38(2)73)55(77)53(89-39(3)74)50(37)62(65,4)5)32-47(75)52(51(41-18-12-9-13-19-41)69-58(79)42-20-14-10-15-21-42)90-61(83)71(7)29-30-72(8)92(85,86)88-31-28-46(59(80)81)68-57(78)43-26-24-40(25-27-43)35-67-70-66/h9-27,45-46,48-49,51-54,56,76,84H,28-36H2,1-8H3,(H,68,78)(H,69,79)(H,80,81)(H,85,86)/t45?,46-,48-,49+,51-,52?,53+,54-,56-,63+,64-,65+/m0/s1. The van der Waals surface area contributed by atoms with Gasteiger partial charge in [-0.25, -0.2) is 23.6 Å². The Bertz CT molecular complexity index is 3610. The molecule has 4 aliphatic rings. The minimum atomic E-state index is -4.76. The van der Waals surface area contributed by atoms with Gasteiger partial charge in [0.25, 0.3) is 11.8 Å². The number of esters is 2. The molecule has 3 amide bonds. The second-order valence-electron chi connectivity index (χ2n) is 24.6. The summed E-state index contributed by atoms with van der Waals surface area (Å²) in [6, 6.07) is 26.6. The van der Waals surface area contributed by atoms with Crippen LogP contribution < -0.4 is 10.6 Å². The Balaban J connectivity index is 1.12. The van der Waals surface area contributed by atoms with Crippen LogP contribution in [0, 0.1) is 28.1 Å². The highest BCUT2D eigenvalue weighted by Crippen LogP contribution is 2.67. The van der Waals surface area contributed by atoms with Crippen LogP contribution in [0.5, 0.6) is 0 Å². The van der Waals surface area contributed by atoms with Gasteiger partial charge in [-0.1, -0.05) is 103 Å². The van der Waals surface area contributed by atoms with Gasteiger partial charge in [-0.15, -0.1) is 0 Å². The van der Waals surface area contributed by atoms with Crippen molar-refractivity contribution in [2.24, 2.45) is 33.2 Å². The summed E-state index contributed by atoms with van der Waals surface area (Å²) >= 11 is 0. The number of nitrogens with zero attached hydrogens (tertiary/aromatic N) is 5. The maximum absolute atomic E-state index is 15.9. The third kappa shape index (κ3) is 13.8. The summed E-state index contributed by atoms with van der Waals surface area (Å²) in [4.78, 5) is 143. The Kier molecular flexibility index (Phi) is 21.3. The SMILES string of the molecule is CC(=O)O[C@H]1C(=O)[C@]2(C)[C@@H](O)C[C@H]3OC[C@@]3(C(C)=O)[C@H]2[C@H](OC(=O)c2ccccc2)[C@]2(O)CC(CC(=O)C(OC(=O)N(C)CCN(C)P(=O)(O)OCC[C@H](NC(=O)c3ccc(CN=[N+]=[N-])cc3)C(=O)O)[C@@H](NC(=O)c3ccccc3)c3ccccc3)C(C)=C1C2(C)C. The Hall–Kier alpha value is -8.45. The molecule has 0 aromatic heterocycles. The number of aliphatic hydroxyl groups is 2. The predicted molar refractivity (Wildman–Crippen MR) is 328 cm³/mol. The predicted octanol–water partition coefficient (Wildman–Crippen LogP) is 6.88. The number of aliphatic hydroxyl groups excluding tert-OH is 1. The maximum Gasteiger partial charge on any atom is 0.410 e. The lowest BCUT2D eigenvalue weighted by atomic mass is 9.41. The van der Waals surface area contributed by atoms with Gasteiger partial charge in [-0.05, 0) is 98.8 Å². The van der Waals surface area contributed by atoms with E-state index in [0.717, 1.165) is 16.5 Å². The molecule has 1 heterocycles. The topological polar surface area (TPSA) is 377 Å². The van der Waals surface area contributed by atoms with Crippen LogP contribution in [0.2, 0.25) is 0 Å². The van der Waals surface area contributed by atoms with Crippen LogP contribution in [-0.2, 0) is 58.6 Å². The van der Waals surface area contributed by atoms with E-state index in [9.17, 15) is 58.3 Å². The van der Waals surface area contributed by atoms with Crippen molar-refractivity contribution in [3.05, 3.63) is 165 Å². The number of ether oxygens (including phenoxy) is 4. The molecule has 13 atom stereocenters. The molecule has 92 heavy (non-hydrogen) atoms. The molecule has 2 bridgehead atoms. The highest BCUT2D eigenvalue weighted by Gasteiger charge is 2.78. The number of likely N-dealkylation sites (N-methyl/N-ethyl adjacent to an activating group) is 2. The van der Waals surface area contributed by atoms with E-state index in [1.807, 2.05) is 0 Å². The summed E-state index contributed by atoms with van der Waals surface area (Å²) in [5.74, 6) is -9.81. The number of carboxylic acid groups (broad SMARTS) is 1. The monoisotopic (exact) mass is 1290 g/mol. The number of fused-ring (bicyclic) bond motifs is 5. The van der Waals surface area contributed by atoms with E-state index in [-0.39, 0.29) is 59.5 Å². The fourth-order valence-corrected chi connectivity index (χ4v) is 14.3. The first-order chi connectivity index (χ1) is 43.4. The second-order valence-corrected chi connectivity index (χ2v) is 26.5. The normalized spacial score (nSPS) is 26.2. The number of aliphatic carboxylic acids is 1. The van der Waals surface area contributed by atoms with Crippen LogP contribution in [0.4, 0.5) is 4.79 Å². The maximum atomic E-state index is 15.9. The zero-order valence-corrected chi connectivity index (χ0v) is 53.0. The number of hydrogen-bond donors (Lipinski definition) is 6. The number of carbonyl (C=O) groups is 9. The second kappa shape index (κ2) is 28.2. The number of carboxylic acids is 1. The van der Waals surface area contributed by atoms with Crippen molar-refractivity contribution in [3.63, 3.8) is 0 Å². The van der Waals surface area contributed by atoms with Gasteiger partial charge in [-0.2, -0.15) is 0 Å². The molecular formula is C65H76N7O19P. The molecule has 4 aromatic rings. The number of benzene rings is 4. The molecule has 3 aliphatic carbocycles. The average molecular weight is 1290 g/mol. The molecule has 3 unspecified atom stereocenters. The third-order valence-corrected chi connectivity index (χ3v) is 20.4. The molecule has 0 spiro atoms. The number of allylic oxidation sites excluding steroid dienone is 1. The number of ketones is 3. The van der Waals surface area contributed by atoms with Gasteiger partial charge >= 0.3 is 31.7 Å². The summed E-state index contributed by atoms with van der Waals surface area (Å²) in [6.07, 6.45) is -11.3. The van der Waals surface area contributed by atoms with Crippen LogP contribution in [0.25, 0.3) is 10.4 Å². The summed E-state index contributed by atoms with van der Waals surface area (Å²) in [5.41, 5.74) is 2.11. The van der Waals surface area contributed by atoms with Gasteiger partial charge in [0.1, 0.15) is 23.5 Å². The molecule has 1 aliphatic heterocycles. The van der Waals surface area contributed by atoms with Crippen molar-refractivity contribution in [2.45, 2.75) is 122 Å². The number of carbonyl (C=O) groups excluding carboxylic acids is 8. The van der Waals surface area contributed by atoms with Gasteiger partial charge in [0.2, 0.25) is 0 Å². The molecule has 4 aromatic carbocycles. The van der Waals surface area contributed by atoms with Gasteiger partial charge in [0.15, 0.2) is 23.8 Å². The molecule has 6 N–H and O–H groups in total. The molecular weight excluding hydrogens is 1210 g/mol. The van der Waals surface area contributed by atoms with Crippen molar-refractivity contribution in [2.75, 3.05) is 40.4 Å². The zero-order valence-electron chi connectivity index (χ0n) is 52.1. The Morgan fingerprint density at radius 1 is 0.837 bits per heavy atom. The van der Waals surface area contributed by atoms with Crippen LogP contribution >= 0.6 is 7.75 Å². The smallest absolute Gasteiger partial charge is 0.410 e. The number of hydrogen-bond acceptors (Lipinski definition) is 18. The van der Waals surface area contributed by atoms with E-state index in [1.54, 1.807) is 87.5 Å². The van der Waals surface area contributed by atoms with Crippen molar-refractivity contribution >= 4 is 60.9 Å². The lowest BCUT2D eigenvalue weighted by Gasteiger charge is -2.68. The largest absolute Gasteiger partial charge is 0.480 e. The molecule has 27 heteroatoms. The Labute approximate surface area is 530 Å². The summed E-state index contributed by atoms with van der Waals surface area (Å²) in [6.45, 7) is 6.79. The third-order valence-electron chi connectivity index (χ3n) is 18.8.